The summed E-state index contributed by atoms with van der Waals surface area (Å²) in [4.78, 5) is 24.5. The van der Waals surface area contributed by atoms with E-state index in [-0.39, 0.29) is 29.2 Å². The van der Waals surface area contributed by atoms with E-state index in [0.717, 1.165) is 10.0 Å². The van der Waals surface area contributed by atoms with Crippen molar-refractivity contribution >= 4 is 51.2 Å². The van der Waals surface area contributed by atoms with Gasteiger partial charge in [-0.3, -0.25) is 9.59 Å². The van der Waals surface area contributed by atoms with E-state index in [1.807, 2.05) is 38.1 Å². The minimum absolute atomic E-state index is 0.245. The number of carbonyl (C=O) groups excluding carboxylic acids is 2. The zero-order valence-electron chi connectivity index (χ0n) is 18.6. The fourth-order valence-corrected chi connectivity index (χ4v) is 3.47. The Morgan fingerprint density at radius 2 is 1.82 bits per heavy atom. The number of halogens is 2. The molecule has 3 rings (SSSR count). The topological polar surface area (TPSA) is 89.0 Å². The molecule has 0 aromatic heterocycles. The van der Waals surface area contributed by atoms with Crippen LogP contribution >= 0.6 is 27.5 Å². The summed E-state index contributed by atoms with van der Waals surface area (Å²) in [5, 5.41) is 7.04. The van der Waals surface area contributed by atoms with Crippen LogP contribution in [0.25, 0.3) is 0 Å². The molecule has 0 unspecified atom stereocenters. The first-order valence-corrected chi connectivity index (χ1v) is 11.6. The molecular formula is C25H23BrClN3O4. The molecule has 176 valence electrons. The Kier molecular flexibility index (Phi) is 9.07. The standard InChI is InChI=1S/C25H23BrClN3O4/c1-3-33-22-13-17(14-28-30-25(32)18-8-10-19(26)11-9-18)12-20(27)24(22)34-15-23(31)29-21-7-5-4-6-16(21)2/h4-14H,3,15H2,1-2H3,(H,29,31)(H,30,32)/b28-14+. The van der Waals surface area contributed by atoms with Gasteiger partial charge in [-0.15, -0.1) is 0 Å². The Labute approximate surface area is 211 Å². The van der Waals surface area contributed by atoms with Gasteiger partial charge < -0.3 is 14.8 Å². The van der Waals surface area contributed by atoms with Crippen LogP contribution in [-0.4, -0.2) is 31.2 Å². The first-order chi connectivity index (χ1) is 16.4. The van der Waals surface area contributed by atoms with Crippen molar-refractivity contribution in [3.63, 3.8) is 0 Å². The molecule has 0 spiro atoms. The van der Waals surface area contributed by atoms with Gasteiger partial charge in [0.05, 0.1) is 17.8 Å². The number of benzene rings is 3. The summed E-state index contributed by atoms with van der Waals surface area (Å²) >= 11 is 9.73. The highest BCUT2D eigenvalue weighted by molar-refractivity contribution is 9.10. The highest BCUT2D eigenvalue weighted by Gasteiger charge is 2.15. The molecule has 0 heterocycles. The van der Waals surface area contributed by atoms with E-state index in [1.54, 1.807) is 36.4 Å². The average Bonchev–Trinajstić information content (AvgIpc) is 2.80. The van der Waals surface area contributed by atoms with E-state index in [9.17, 15) is 9.59 Å². The maximum atomic E-state index is 12.3. The van der Waals surface area contributed by atoms with Crippen LogP contribution in [0.3, 0.4) is 0 Å². The molecule has 0 atom stereocenters. The molecule has 0 bridgehead atoms. The highest BCUT2D eigenvalue weighted by Crippen LogP contribution is 2.36. The maximum absolute atomic E-state index is 12.3. The molecule has 0 saturated heterocycles. The van der Waals surface area contributed by atoms with E-state index in [1.165, 1.54) is 6.21 Å². The third-order valence-electron chi connectivity index (χ3n) is 4.58. The fourth-order valence-electron chi connectivity index (χ4n) is 2.93. The number of ether oxygens (including phenoxy) is 2. The van der Waals surface area contributed by atoms with Crippen molar-refractivity contribution in [2.75, 3.05) is 18.5 Å². The molecule has 0 aliphatic carbocycles. The summed E-state index contributed by atoms with van der Waals surface area (Å²) in [6.45, 7) is 3.84. The van der Waals surface area contributed by atoms with Gasteiger partial charge >= 0.3 is 0 Å². The van der Waals surface area contributed by atoms with Crippen LogP contribution in [0.5, 0.6) is 11.5 Å². The van der Waals surface area contributed by atoms with Crippen LogP contribution in [0.15, 0.2) is 70.2 Å². The first-order valence-electron chi connectivity index (χ1n) is 10.4. The van der Waals surface area contributed by atoms with E-state index in [0.29, 0.717) is 29.2 Å². The molecule has 3 aromatic rings. The summed E-state index contributed by atoms with van der Waals surface area (Å²) in [6, 6.07) is 17.6. The van der Waals surface area contributed by atoms with Gasteiger partial charge in [-0.2, -0.15) is 5.10 Å². The van der Waals surface area contributed by atoms with E-state index < -0.39 is 0 Å². The second-order valence-electron chi connectivity index (χ2n) is 7.12. The van der Waals surface area contributed by atoms with Crippen molar-refractivity contribution in [1.29, 1.82) is 0 Å². The molecule has 0 radical (unpaired) electrons. The van der Waals surface area contributed by atoms with Gasteiger partial charge in [0, 0.05) is 15.7 Å². The van der Waals surface area contributed by atoms with Gasteiger partial charge in [-0.1, -0.05) is 45.7 Å². The largest absolute Gasteiger partial charge is 0.490 e. The number of nitrogens with one attached hydrogen (secondary N) is 2. The van der Waals surface area contributed by atoms with Gasteiger partial charge in [0.15, 0.2) is 18.1 Å². The van der Waals surface area contributed by atoms with Crippen LogP contribution in [0.1, 0.15) is 28.4 Å². The zero-order valence-corrected chi connectivity index (χ0v) is 20.9. The molecule has 2 N–H and O–H groups in total. The predicted octanol–water partition coefficient (Wildman–Crippen LogP) is 5.59. The third-order valence-corrected chi connectivity index (χ3v) is 5.39. The molecule has 0 aliphatic rings. The van der Waals surface area contributed by atoms with Crippen LogP contribution in [0.2, 0.25) is 5.02 Å². The second-order valence-corrected chi connectivity index (χ2v) is 8.44. The van der Waals surface area contributed by atoms with Crippen molar-refractivity contribution in [2.45, 2.75) is 13.8 Å². The SMILES string of the molecule is CCOc1cc(/C=N/NC(=O)c2ccc(Br)cc2)cc(Cl)c1OCC(=O)Nc1ccccc1C. The molecule has 0 aliphatic heterocycles. The van der Waals surface area contributed by atoms with E-state index in [4.69, 9.17) is 21.1 Å². The van der Waals surface area contributed by atoms with E-state index >= 15 is 0 Å². The average molecular weight is 545 g/mol. The van der Waals surface area contributed by atoms with Gasteiger partial charge in [0.25, 0.3) is 11.8 Å². The predicted molar refractivity (Wildman–Crippen MR) is 137 cm³/mol. The zero-order chi connectivity index (χ0) is 24.5. The van der Waals surface area contributed by atoms with Gasteiger partial charge in [0.2, 0.25) is 0 Å². The smallest absolute Gasteiger partial charge is 0.271 e. The highest BCUT2D eigenvalue weighted by atomic mass is 79.9. The monoisotopic (exact) mass is 543 g/mol. The van der Waals surface area contributed by atoms with Gasteiger partial charge in [-0.25, -0.2) is 5.43 Å². The number of nitrogens with zero attached hydrogens (tertiary/aromatic N) is 1. The van der Waals surface area contributed by atoms with Crippen molar-refractivity contribution in [3.8, 4) is 11.5 Å². The van der Waals surface area contributed by atoms with Crippen LogP contribution in [-0.2, 0) is 4.79 Å². The number of carbonyl (C=O) groups is 2. The number of amides is 2. The summed E-state index contributed by atoms with van der Waals surface area (Å²) in [6.07, 6.45) is 1.44. The van der Waals surface area contributed by atoms with Gasteiger partial charge in [-0.05, 0) is 67.4 Å². The van der Waals surface area contributed by atoms with Crippen molar-refractivity contribution in [2.24, 2.45) is 5.10 Å². The first kappa shape index (κ1) is 25.3. The third kappa shape index (κ3) is 7.07. The van der Waals surface area contributed by atoms with E-state index in [2.05, 4.69) is 31.8 Å². The van der Waals surface area contributed by atoms with Crippen molar-refractivity contribution < 1.29 is 19.1 Å². The fraction of sp³-hybridized carbons (Fsp3) is 0.160. The number of hydrazone groups is 1. The van der Waals surface area contributed by atoms with Crippen LogP contribution in [0, 0.1) is 6.92 Å². The number of para-hydroxylation sites is 1. The summed E-state index contributed by atoms with van der Waals surface area (Å²) in [7, 11) is 0. The maximum Gasteiger partial charge on any atom is 0.271 e. The van der Waals surface area contributed by atoms with Gasteiger partial charge in [0.1, 0.15) is 0 Å². The number of hydrogen-bond acceptors (Lipinski definition) is 5. The lowest BCUT2D eigenvalue weighted by Gasteiger charge is -2.15. The summed E-state index contributed by atoms with van der Waals surface area (Å²) in [5.74, 6) is -0.0625. The minimum Gasteiger partial charge on any atom is -0.490 e. The van der Waals surface area contributed by atoms with Crippen LogP contribution < -0.4 is 20.2 Å². The molecule has 9 heteroatoms. The summed E-state index contributed by atoms with van der Waals surface area (Å²) in [5.41, 5.74) is 5.18. The minimum atomic E-state index is -0.348. The molecule has 34 heavy (non-hydrogen) atoms. The molecule has 0 saturated carbocycles. The quantitative estimate of drug-likeness (QED) is 0.271. The number of hydrogen-bond donors (Lipinski definition) is 2. The Balaban J connectivity index is 1.66. The molecule has 0 fully saturated rings. The Morgan fingerprint density at radius 3 is 2.53 bits per heavy atom. The van der Waals surface area contributed by atoms with Crippen LogP contribution in [0.4, 0.5) is 5.69 Å². The Hall–Kier alpha value is -3.36. The lowest BCUT2D eigenvalue weighted by atomic mass is 10.2. The Bertz CT molecular complexity index is 1200. The molecule has 3 aromatic carbocycles. The lowest BCUT2D eigenvalue weighted by molar-refractivity contribution is -0.118. The molecular weight excluding hydrogens is 522 g/mol. The lowest BCUT2D eigenvalue weighted by Crippen LogP contribution is -2.21. The number of anilines is 1. The molecule has 7 nitrogen and oxygen atoms in total. The summed E-state index contributed by atoms with van der Waals surface area (Å²) < 4.78 is 12.2. The molecule has 2 amide bonds. The normalized spacial score (nSPS) is 10.7. The van der Waals surface area contributed by atoms with Crippen molar-refractivity contribution in [3.05, 3.63) is 86.8 Å². The van der Waals surface area contributed by atoms with Crippen molar-refractivity contribution in [1.82, 2.24) is 5.43 Å². The second kappa shape index (κ2) is 12.2. The Morgan fingerprint density at radius 1 is 1.09 bits per heavy atom. The number of aryl methyl sites for hydroxylation is 1. The number of rotatable bonds is 9.